The summed E-state index contributed by atoms with van der Waals surface area (Å²) in [5.74, 6) is 2.55. The van der Waals surface area contributed by atoms with Crippen molar-refractivity contribution in [3.63, 3.8) is 0 Å². The Balaban J connectivity index is 0.00000312. The van der Waals surface area contributed by atoms with Crippen LogP contribution in [0.4, 0.5) is 4.79 Å². The van der Waals surface area contributed by atoms with Crippen LogP contribution in [0.15, 0.2) is 4.99 Å². The van der Waals surface area contributed by atoms with Crippen LogP contribution in [-0.4, -0.2) is 56.3 Å². The number of carbonyl (C=O) groups is 1. The van der Waals surface area contributed by atoms with Crippen molar-refractivity contribution in [1.29, 1.82) is 0 Å². The van der Waals surface area contributed by atoms with Crippen molar-refractivity contribution < 1.29 is 9.53 Å². The first-order valence-electron chi connectivity index (χ1n) is 9.51. The zero-order valence-electron chi connectivity index (χ0n) is 15.9. The number of rotatable bonds is 4. The van der Waals surface area contributed by atoms with Crippen molar-refractivity contribution in [1.82, 2.24) is 15.5 Å². The molecule has 2 aliphatic rings. The highest BCUT2D eigenvalue weighted by atomic mass is 127. The Morgan fingerprint density at radius 2 is 1.80 bits per heavy atom. The number of ether oxygens (including phenoxy) is 1. The molecule has 0 bridgehead atoms. The molecule has 1 aliphatic heterocycles. The second-order valence-electron chi connectivity index (χ2n) is 7.18. The van der Waals surface area contributed by atoms with Crippen molar-refractivity contribution in [3.05, 3.63) is 0 Å². The minimum Gasteiger partial charge on any atom is -0.450 e. The van der Waals surface area contributed by atoms with Crippen LogP contribution in [0.1, 0.15) is 52.4 Å². The first-order chi connectivity index (χ1) is 11.6. The van der Waals surface area contributed by atoms with Crippen molar-refractivity contribution in [2.75, 3.05) is 33.3 Å². The first-order valence-corrected chi connectivity index (χ1v) is 9.51. The molecule has 7 heteroatoms. The van der Waals surface area contributed by atoms with E-state index >= 15 is 0 Å². The Hall–Kier alpha value is -0.730. The van der Waals surface area contributed by atoms with Gasteiger partial charge in [0.1, 0.15) is 0 Å². The summed E-state index contributed by atoms with van der Waals surface area (Å²) < 4.78 is 5.06. The number of hydrogen-bond acceptors (Lipinski definition) is 3. The molecule has 1 saturated heterocycles. The summed E-state index contributed by atoms with van der Waals surface area (Å²) in [5, 5.41) is 6.99. The number of carbonyl (C=O) groups excluding carboxylic acids is 1. The Bertz CT molecular complexity index is 417. The predicted molar refractivity (Wildman–Crippen MR) is 113 cm³/mol. The smallest absolute Gasteiger partial charge is 0.409 e. The average molecular weight is 466 g/mol. The minimum absolute atomic E-state index is 0. The third kappa shape index (κ3) is 7.58. The molecule has 2 rings (SSSR count). The molecule has 1 aliphatic carbocycles. The van der Waals surface area contributed by atoms with Gasteiger partial charge in [0.05, 0.1) is 6.61 Å². The predicted octanol–water partition coefficient (Wildman–Crippen LogP) is 3.22. The molecule has 1 heterocycles. The highest BCUT2D eigenvalue weighted by Gasteiger charge is 2.24. The molecule has 0 aromatic heterocycles. The Morgan fingerprint density at radius 1 is 1.16 bits per heavy atom. The number of hydrogen-bond donors (Lipinski definition) is 2. The molecule has 0 aromatic carbocycles. The topological polar surface area (TPSA) is 66.0 Å². The van der Waals surface area contributed by atoms with Crippen LogP contribution in [0.2, 0.25) is 0 Å². The minimum atomic E-state index is -0.190. The van der Waals surface area contributed by atoms with Crippen LogP contribution in [0, 0.1) is 11.8 Å². The molecule has 0 radical (unpaired) electrons. The fourth-order valence-electron chi connectivity index (χ4n) is 3.58. The zero-order chi connectivity index (χ0) is 17.4. The molecular formula is C18H35IN4O2. The third-order valence-electron chi connectivity index (χ3n) is 5.28. The van der Waals surface area contributed by atoms with E-state index in [0.717, 1.165) is 50.3 Å². The lowest BCUT2D eigenvalue weighted by molar-refractivity contribution is 0.0963. The molecule has 1 amide bonds. The monoisotopic (exact) mass is 466 g/mol. The number of nitrogens with zero attached hydrogens (tertiary/aromatic N) is 2. The Morgan fingerprint density at radius 3 is 2.36 bits per heavy atom. The van der Waals surface area contributed by atoms with Crippen LogP contribution >= 0.6 is 24.0 Å². The van der Waals surface area contributed by atoms with E-state index < -0.39 is 0 Å². The summed E-state index contributed by atoms with van der Waals surface area (Å²) in [5.41, 5.74) is 0. The lowest BCUT2D eigenvalue weighted by Crippen LogP contribution is -2.50. The van der Waals surface area contributed by atoms with Crippen molar-refractivity contribution in [2.45, 2.75) is 58.4 Å². The van der Waals surface area contributed by atoms with E-state index in [4.69, 9.17) is 4.74 Å². The molecule has 2 N–H and O–H groups in total. The van der Waals surface area contributed by atoms with Crippen LogP contribution in [0.25, 0.3) is 0 Å². The zero-order valence-corrected chi connectivity index (χ0v) is 18.3. The summed E-state index contributed by atoms with van der Waals surface area (Å²) >= 11 is 0. The van der Waals surface area contributed by atoms with E-state index in [1.165, 1.54) is 25.7 Å². The first kappa shape index (κ1) is 22.3. The SMILES string of the molecule is CCOC(=O)N1CCC(NC(=NC)NCC2CCC(C)CC2)CC1.I. The van der Waals surface area contributed by atoms with Gasteiger partial charge in [0, 0.05) is 32.7 Å². The fraction of sp³-hybridized carbons (Fsp3) is 0.889. The number of guanidine groups is 1. The number of likely N-dealkylation sites (tertiary alicyclic amines) is 1. The van der Waals surface area contributed by atoms with Crippen molar-refractivity contribution in [2.24, 2.45) is 16.8 Å². The lowest BCUT2D eigenvalue weighted by atomic mass is 9.83. The molecule has 0 atom stereocenters. The van der Waals surface area contributed by atoms with Crippen LogP contribution in [0.5, 0.6) is 0 Å². The molecule has 0 spiro atoms. The van der Waals surface area contributed by atoms with Gasteiger partial charge in [0.2, 0.25) is 0 Å². The quantitative estimate of drug-likeness (QED) is 0.380. The number of amides is 1. The van der Waals surface area contributed by atoms with Gasteiger partial charge in [-0.2, -0.15) is 0 Å². The number of halogens is 1. The van der Waals surface area contributed by atoms with Crippen molar-refractivity contribution >= 4 is 36.0 Å². The molecule has 25 heavy (non-hydrogen) atoms. The van der Waals surface area contributed by atoms with E-state index in [9.17, 15) is 4.79 Å². The number of aliphatic imine (C=N–C) groups is 1. The molecule has 146 valence electrons. The molecule has 6 nitrogen and oxygen atoms in total. The molecule has 0 unspecified atom stereocenters. The van der Waals surface area contributed by atoms with Gasteiger partial charge in [-0.3, -0.25) is 4.99 Å². The molecule has 0 aromatic rings. The summed E-state index contributed by atoms with van der Waals surface area (Å²) in [6, 6.07) is 0.369. The van der Waals surface area contributed by atoms with Gasteiger partial charge in [-0.25, -0.2) is 4.79 Å². The lowest BCUT2D eigenvalue weighted by Gasteiger charge is -2.33. The summed E-state index contributed by atoms with van der Waals surface area (Å²) in [6.45, 7) is 7.13. The van der Waals surface area contributed by atoms with Crippen LogP contribution < -0.4 is 10.6 Å². The summed E-state index contributed by atoms with van der Waals surface area (Å²) in [4.78, 5) is 17.9. The second-order valence-corrected chi connectivity index (χ2v) is 7.18. The summed E-state index contributed by atoms with van der Waals surface area (Å²) in [7, 11) is 1.83. The fourth-order valence-corrected chi connectivity index (χ4v) is 3.58. The Labute approximate surface area is 169 Å². The van der Waals surface area contributed by atoms with Gasteiger partial charge in [0.15, 0.2) is 5.96 Å². The normalized spacial score (nSPS) is 25.1. The third-order valence-corrected chi connectivity index (χ3v) is 5.28. The maximum atomic E-state index is 11.7. The van der Waals surface area contributed by atoms with Gasteiger partial charge in [-0.15, -0.1) is 24.0 Å². The van der Waals surface area contributed by atoms with Gasteiger partial charge >= 0.3 is 6.09 Å². The van der Waals surface area contributed by atoms with Crippen LogP contribution in [-0.2, 0) is 4.74 Å². The highest BCUT2D eigenvalue weighted by molar-refractivity contribution is 14.0. The number of nitrogens with one attached hydrogen (secondary N) is 2. The van der Waals surface area contributed by atoms with Gasteiger partial charge in [-0.05, 0) is 44.4 Å². The number of piperidine rings is 1. The summed E-state index contributed by atoms with van der Waals surface area (Å²) in [6.07, 6.45) is 7.02. The van der Waals surface area contributed by atoms with Gasteiger partial charge in [0.25, 0.3) is 0 Å². The van der Waals surface area contributed by atoms with E-state index in [1.807, 2.05) is 14.0 Å². The van der Waals surface area contributed by atoms with E-state index in [2.05, 4.69) is 22.5 Å². The van der Waals surface area contributed by atoms with E-state index in [0.29, 0.717) is 12.6 Å². The standard InChI is InChI=1S/C18H34N4O2.HI/c1-4-24-18(23)22-11-9-16(10-12-22)21-17(19-3)20-13-15-7-5-14(2)6-8-15;/h14-16H,4-13H2,1-3H3,(H2,19,20,21);1H. The second kappa shape index (κ2) is 11.8. The van der Waals surface area contributed by atoms with Gasteiger partial charge < -0.3 is 20.3 Å². The van der Waals surface area contributed by atoms with Gasteiger partial charge in [-0.1, -0.05) is 19.8 Å². The Kier molecular flexibility index (Phi) is 10.5. The van der Waals surface area contributed by atoms with Crippen molar-refractivity contribution in [3.8, 4) is 0 Å². The molecular weight excluding hydrogens is 431 g/mol. The average Bonchev–Trinajstić information content (AvgIpc) is 2.60. The highest BCUT2D eigenvalue weighted by Crippen LogP contribution is 2.27. The van der Waals surface area contributed by atoms with E-state index in [-0.39, 0.29) is 30.1 Å². The van der Waals surface area contributed by atoms with Crippen LogP contribution in [0.3, 0.4) is 0 Å². The largest absolute Gasteiger partial charge is 0.450 e. The maximum Gasteiger partial charge on any atom is 0.409 e. The van der Waals surface area contributed by atoms with E-state index in [1.54, 1.807) is 4.90 Å². The molecule has 2 fully saturated rings. The molecule has 1 saturated carbocycles. The maximum absolute atomic E-state index is 11.7.